The summed E-state index contributed by atoms with van der Waals surface area (Å²) in [5.41, 5.74) is 1.84. The number of carbonyl (C=O) groups is 1. The Morgan fingerprint density at radius 1 is 1.33 bits per heavy atom. The molecule has 0 saturated heterocycles. The number of carboxylic acid groups (broad SMARTS) is 1. The van der Waals surface area contributed by atoms with Crippen LogP contribution in [0.3, 0.4) is 0 Å². The normalized spacial score (nSPS) is 12.3. The van der Waals surface area contributed by atoms with Crippen molar-refractivity contribution in [3.63, 3.8) is 0 Å². The quantitative estimate of drug-likeness (QED) is 0.623. The molecular formula is C14H19NO3. The largest absolute Gasteiger partial charge is 0.479 e. The van der Waals surface area contributed by atoms with Crippen LogP contribution in [0.15, 0.2) is 35.5 Å². The molecule has 0 aliphatic heterocycles. The summed E-state index contributed by atoms with van der Waals surface area (Å²) in [5.74, 6) is -1.02. The van der Waals surface area contributed by atoms with Gasteiger partial charge in [-0.2, -0.15) is 0 Å². The lowest BCUT2D eigenvalue weighted by Gasteiger charge is -2.24. The van der Waals surface area contributed by atoms with Gasteiger partial charge in [0.2, 0.25) is 6.61 Å². The first kappa shape index (κ1) is 14.2. The fraction of sp³-hybridized carbons (Fsp3) is 0.429. The summed E-state index contributed by atoms with van der Waals surface area (Å²) in [6, 6.07) is 10.1. The Labute approximate surface area is 107 Å². The zero-order valence-electron chi connectivity index (χ0n) is 11.0. The van der Waals surface area contributed by atoms with Crippen LogP contribution in [0.1, 0.15) is 26.3 Å². The third-order valence-electron chi connectivity index (χ3n) is 2.86. The fourth-order valence-electron chi connectivity index (χ4n) is 1.54. The van der Waals surface area contributed by atoms with E-state index in [4.69, 9.17) is 9.94 Å². The highest BCUT2D eigenvalue weighted by Crippen LogP contribution is 2.23. The van der Waals surface area contributed by atoms with Gasteiger partial charge < -0.3 is 9.94 Å². The molecule has 98 valence electrons. The van der Waals surface area contributed by atoms with Gasteiger partial charge in [0, 0.05) is 5.41 Å². The minimum Gasteiger partial charge on any atom is -0.479 e. The maximum Gasteiger partial charge on any atom is 0.344 e. The molecular weight excluding hydrogens is 230 g/mol. The second-order valence-electron chi connectivity index (χ2n) is 4.89. The summed E-state index contributed by atoms with van der Waals surface area (Å²) < 4.78 is 0. The Balaban J connectivity index is 2.64. The Morgan fingerprint density at radius 2 is 1.94 bits per heavy atom. The molecule has 0 unspecified atom stereocenters. The number of rotatable bonds is 6. The number of hydrogen-bond acceptors (Lipinski definition) is 3. The number of benzene rings is 1. The number of hydrogen-bond donors (Lipinski definition) is 1. The van der Waals surface area contributed by atoms with Gasteiger partial charge in [0.25, 0.3) is 0 Å². The lowest BCUT2D eigenvalue weighted by molar-refractivity contribution is -0.142. The van der Waals surface area contributed by atoms with Crippen LogP contribution in [0.25, 0.3) is 0 Å². The van der Waals surface area contributed by atoms with Gasteiger partial charge in [0.05, 0.1) is 5.71 Å². The molecule has 0 amide bonds. The highest BCUT2D eigenvalue weighted by molar-refractivity contribution is 5.87. The van der Waals surface area contributed by atoms with Crippen molar-refractivity contribution >= 4 is 11.7 Å². The van der Waals surface area contributed by atoms with Crippen molar-refractivity contribution in [3.8, 4) is 0 Å². The van der Waals surface area contributed by atoms with Crippen molar-refractivity contribution in [3.05, 3.63) is 35.9 Å². The van der Waals surface area contributed by atoms with Gasteiger partial charge in [-0.15, -0.1) is 0 Å². The summed E-state index contributed by atoms with van der Waals surface area (Å²) in [6.45, 7) is 5.56. The zero-order chi connectivity index (χ0) is 13.6. The van der Waals surface area contributed by atoms with E-state index in [0.717, 1.165) is 12.1 Å². The molecule has 0 radical (unpaired) electrons. The van der Waals surface area contributed by atoms with Crippen LogP contribution in [0.5, 0.6) is 0 Å². The Hall–Kier alpha value is -1.84. The summed E-state index contributed by atoms with van der Waals surface area (Å²) in [6.07, 6.45) is 0.833. The molecule has 1 N–H and O–H groups in total. The van der Waals surface area contributed by atoms with Crippen LogP contribution in [0, 0.1) is 5.41 Å². The van der Waals surface area contributed by atoms with E-state index in [2.05, 4.69) is 31.1 Å². The molecule has 4 heteroatoms. The lowest BCUT2D eigenvalue weighted by atomic mass is 9.82. The van der Waals surface area contributed by atoms with E-state index in [0.29, 0.717) is 0 Å². The molecule has 0 bridgehead atoms. The lowest BCUT2D eigenvalue weighted by Crippen LogP contribution is -2.25. The SMILES string of the molecule is CC(=NOCC(=O)O)C(C)(C)Cc1ccccc1. The van der Waals surface area contributed by atoms with Crippen LogP contribution < -0.4 is 0 Å². The molecule has 1 aromatic rings. The highest BCUT2D eigenvalue weighted by atomic mass is 16.6. The molecule has 0 aliphatic rings. The molecule has 4 nitrogen and oxygen atoms in total. The van der Waals surface area contributed by atoms with E-state index in [-0.39, 0.29) is 5.41 Å². The van der Waals surface area contributed by atoms with E-state index >= 15 is 0 Å². The van der Waals surface area contributed by atoms with E-state index in [9.17, 15) is 4.79 Å². The van der Waals surface area contributed by atoms with Crippen LogP contribution in [-0.2, 0) is 16.1 Å². The first-order valence-electron chi connectivity index (χ1n) is 5.84. The van der Waals surface area contributed by atoms with Crippen molar-refractivity contribution < 1.29 is 14.7 Å². The second kappa shape index (κ2) is 6.19. The summed E-state index contributed by atoms with van der Waals surface area (Å²) in [7, 11) is 0. The molecule has 0 saturated carbocycles. The zero-order valence-corrected chi connectivity index (χ0v) is 11.0. The first-order chi connectivity index (χ1) is 8.42. The van der Waals surface area contributed by atoms with E-state index < -0.39 is 12.6 Å². The van der Waals surface area contributed by atoms with E-state index in [1.165, 1.54) is 5.56 Å². The van der Waals surface area contributed by atoms with Crippen molar-refractivity contribution in [1.82, 2.24) is 0 Å². The number of aliphatic carboxylic acids is 1. The van der Waals surface area contributed by atoms with Crippen molar-refractivity contribution in [2.45, 2.75) is 27.2 Å². The Morgan fingerprint density at radius 3 is 2.50 bits per heavy atom. The topological polar surface area (TPSA) is 58.9 Å². The number of nitrogens with zero attached hydrogens (tertiary/aromatic N) is 1. The van der Waals surface area contributed by atoms with Crippen LogP contribution in [0.4, 0.5) is 0 Å². The highest BCUT2D eigenvalue weighted by Gasteiger charge is 2.23. The summed E-state index contributed by atoms with van der Waals surface area (Å²) in [5, 5.41) is 12.3. The minimum atomic E-state index is -1.02. The van der Waals surface area contributed by atoms with Crippen LogP contribution in [0.2, 0.25) is 0 Å². The van der Waals surface area contributed by atoms with Gasteiger partial charge in [-0.1, -0.05) is 49.3 Å². The third kappa shape index (κ3) is 4.57. The van der Waals surface area contributed by atoms with Gasteiger partial charge in [-0.3, -0.25) is 0 Å². The monoisotopic (exact) mass is 249 g/mol. The van der Waals surface area contributed by atoms with Crippen molar-refractivity contribution in [2.75, 3.05) is 6.61 Å². The van der Waals surface area contributed by atoms with E-state index in [1.807, 2.05) is 25.1 Å². The van der Waals surface area contributed by atoms with Gasteiger partial charge in [0.1, 0.15) is 0 Å². The van der Waals surface area contributed by atoms with Crippen LogP contribution >= 0.6 is 0 Å². The molecule has 18 heavy (non-hydrogen) atoms. The molecule has 1 rings (SSSR count). The molecule has 1 aromatic carbocycles. The van der Waals surface area contributed by atoms with Gasteiger partial charge in [-0.05, 0) is 18.9 Å². The average Bonchev–Trinajstić information content (AvgIpc) is 2.29. The minimum absolute atomic E-state index is 0.167. The maximum atomic E-state index is 10.3. The van der Waals surface area contributed by atoms with Gasteiger partial charge in [0.15, 0.2) is 0 Å². The Kier molecular flexibility index (Phi) is 4.89. The molecule has 0 aromatic heterocycles. The second-order valence-corrected chi connectivity index (χ2v) is 4.89. The van der Waals surface area contributed by atoms with Gasteiger partial charge in [-0.25, -0.2) is 4.79 Å². The first-order valence-corrected chi connectivity index (χ1v) is 5.84. The average molecular weight is 249 g/mol. The number of carboxylic acids is 1. The third-order valence-corrected chi connectivity index (χ3v) is 2.86. The Bertz CT molecular complexity index is 424. The molecule has 0 aliphatic carbocycles. The maximum absolute atomic E-state index is 10.3. The van der Waals surface area contributed by atoms with Crippen LogP contribution in [-0.4, -0.2) is 23.4 Å². The smallest absolute Gasteiger partial charge is 0.344 e. The van der Waals surface area contributed by atoms with Crippen molar-refractivity contribution in [1.29, 1.82) is 0 Å². The predicted octanol–water partition coefficient (Wildman–Crippen LogP) is 2.73. The predicted molar refractivity (Wildman–Crippen MR) is 70.6 cm³/mol. The molecule has 0 atom stereocenters. The fourth-order valence-corrected chi connectivity index (χ4v) is 1.54. The van der Waals surface area contributed by atoms with E-state index in [1.54, 1.807) is 0 Å². The molecule has 0 heterocycles. The standard InChI is InChI=1S/C14H19NO3/c1-11(15-18-10-13(16)17)14(2,3)9-12-7-5-4-6-8-12/h4-8H,9-10H2,1-3H3,(H,16,17). The molecule has 0 spiro atoms. The number of oxime groups is 1. The summed E-state index contributed by atoms with van der Waals surface area (Å²) in [4.78, 5) is 15.1. The van der Waals surface area contributed by atoms with Crippen molar-refractivity contribution in [2.24, 2.45) is 10.6 Å². The summed E-state index contributed by atoms with van der Waals surface area (Å²) >= 11 is 0. The molecule has 0 fully saturated rings. The van der Waals surface area contributed by atoms with Gasteiger partial charge >= 0.3 is 5.97 Å².